The molecule has 46 valence electrons. The van der Waals surface area contributed by atoms with Crippen LogP contribution < -0.4 is 0 Å². The van der Waals surface area contributed by atoms with E-state index in [1.165, 1.54) is 0 Å². The van der Waals surface area contributed by atoms with Crippen molar-refractivity contribution in [1.29, 1.82) is 10.7 Å². The first-order valence-corrected chi connectivity index (χ1v) is 2.62. The van der Waals surface area contributed by atoms with E-state index in [1.54, 1.807) is 12.2 Å². The number of rotatable bonds is 0. The van der Waals surface area contributed by atoms with Crippen LogP contribution in [0.25, 0.3) is 0 Å². The molecule has 0 bridgehead atoms. The average Bonchev–Trinajstić information content (AvgIpc) is 1.89. The van der Waals surface area contributed by atoms with Gasteiger partial charge in [0.15, 0.2) is 0 Å². The molecule has 0 aromatic rings. The van der Waals surface area contributed by atoms with Gasteiger partial charge in [0.1, 0.15) is 12.5 Å². The Morgan fingerprint density at radius 1 is 1.89 bits per heavy atom. The number of hydrogen-bond acceptors (Lipinski definition) is 3. The van der Waals surface area contributed by atoms with Gasteiger partial charge in [0.05, 0.1) is 6.07 Å². The molecule has 0 spiro atoms. The molecule has 0 aliphatic carbocycles. The molecule has 0 fully saturated rings. The zero-order valence-electron chi connectivity index (χ0n) is 4.79. The Balaban J connectivity index is 2.71. The van der Waals surface area contributed by atoms with E-state index >= 15 is 0 Å². The molecule has 0 saturated carbocycles. The molecular formula is C6H6N2O. The van der Waals surface area contributed by atoms with Crippen LogP contribution in [0.15, 0.2) is 12.2 Å². The average molecular weight is 122 g/mol. The van der Waals surface area contributed by atoms with E-state index in [2.05, 4.69) is 0 Å². The third-order valence-corrected chi connectivity index (χ3v) is 1.09. The summed E-state index contributed by atoms with van der Waals surface area (Å²) in [5.41, 5.74) is 0. The topological polar surface area (TPSA) is 56.9 Å². The summed E-state index contributed by atoms with van der Waals surface area (Å²) in [6, 6.07) is 1.92. The molecule has 3 nitrogen and oxygen atoms in total. The molecule has 0 aromatic carbocycles. The normalized spacial score (nSPS) is 24.8. The van der Waals surface area contributed by atoms with Crippen LogP contribution in [0.4, 0.5) is 0 Å². The van der Waals surface area contributed by atoms with E-state index in [4.69, 9.17) is 15.4 Å². The maximum Gasteiger partial charge on any atom is 0.202 e. The second kappa shape index (κ2) is 2.31. The van der Waals surface area contributed by atoms with Crippen LogP contribution >= 0.6 is 0 Å². The SMILES string of the molecule is N#CC1C=CCOC1=N. The summed E-state index contributed by atoms with van der Waals surface area (Å²) in [5.74, 6) is -0.404. The van der Waals surface area contributed by atoms with Crippen LogP contribution in [-0.4, -0.2) is 12.5 Å². The maximum atomic E-state index is 8.34. The number of nitrogens with zero attached hydrogens (tertiary/aromatic N) is 1. The van der Waals surface area contributed by atoms with Gasteiger partial charge in [-0.2, -0.15) is 5.26 Å². The molecule has 0 amide bonds. The molecule has 1 heterocycles. The summed E-state index contributed by atoms with van der Waals surface area (Å²) in [6.07, 6.45) is 3.41. The Labute approximate surface area is 53.1 Å². The van der Waals surface area contributed by atoms with Crippen molar-refractivity contribution in [3.63, 3.8) is 0 Å². The number of nitriles is 1. The van der Waals surface area contributed by atoms with E-state index < -0.39 is 5.92 Å². The van der Waals surface area contributed by atoms with Crippen molar-refractivity contribution < 1.29 is 4.74 Å². The molecule has 1 aliphatic heterocycles. The molecule has 0 aromatic heterocycles. The van der Waals surface area contributed by atoms with Gasteiger partial charge in [0, 0.05) is 0 Å². The van der Waals surface area contributed by atoms with Crippen LogP contribution in [0.3, 0.4) is 0 Å². The lowest BCUT2D eigenvalue weighted by Crippen LogP contribution is -2.17. The summed E-state index contributed by atoms with van der Waals surface area (Å²) < 4.78 is 4.76. The summed E-state index contributed by atoms with van der Waals surface area (Å²) in [5, 5.41) is 15.4. The number of ether oxygens (including phenoxy) is 1. The lowest BCUT2D eigenvalue weighted by molar-refractivity contribution is 0.323. The van der Waals surface area contributed by atoms with Crippen molar-refractivity contribution in [3.8, 4) is 6.07 Å². The van der Waals surface area contributed by atoms with Gasteiger partial charge in [-0.1, -0.05) is 6.08 Å². The van der Waals surface area contributed by atoms with Gasteiger partial charge in [0.25, 0.3) is 0 Å². The third kappa shape index (κ3) is 1.08. The Kier molecular flexibility index (Phi) is 1.50. The fourth-order valence-electron chi connectivity index (χ4n) is 0.608. The Bertz CT molecular complexity index is 190. The monoisotopic (exact) mass is 122 g/mol. The minimum atomic E-state index is -0.459. The first-order chi connectivity index (χ1) is 4.34. The largest absolute Gasteiger partial charge is 0.476 e. The van der Waals surface area contributed by atoms with E-state index in [1.807, 2.05) is 6.07 Å². The van der Waals surface area contributed by atoms with E-state index in [-0.39, 0.29) is 5.90 Å². The van der Waals surface area contributed by atoms with Gasteiger partial charge in [-0.3, -0.25) is 5.41 Å². The summed E-state index contributed by atoms with van der Waals surface area (Å²) in [7, 11) is 0. The van der Waals surface area contributed by atoms with Gasteiger partial charge in [-0.05, 0) is 6.08 Å². The van der Waals surface area contributed by atoms with Gasteiger partial charge in [-0.25, -0.2) is 0 Å². The Morgan fingerprint density at radius 3 is 3.11 bits per heavy atom. The number of nitrogens with one attached hydrogen (secondary N) is 1. The van der Waals surface area contributed by atoms with Crippen LogP contribution in [0, 0.1) is 22.7 Å². The van der Waals surface area contributed by atoms with Crippen molar-refractivity contribution in [3.05, 3.63) is 12.2 Å². The van der Waals surface area contributed by atoms with Gasteiger partial charge in [-0.15, -0.1) is 0 Å². The predicted octanol–water partition coefficient (Wildman–Crippen LogP) is 0.690. The van der Waals surface area contributed by atoms with Crippen LogP contribution in [0.5, 0.6) is 0 Å². The summed E-state index contributed by atoms with van der Waals surface area (Å²) in [4.78, 5) is 0. The van der Waals surface area contributed by atoms with Crippen LogP contribution in [0.1, 0.15) is 0 Å². The summed E-state index contributed by atoms with van der Waals surface area (Å²) >= 11 is 0. The Morgan fingerprint density at radius 2 is 2.67 bits per heavy atom. The molecule has 1 atom stereocenters. The van der Waals surface area contributed by atoms with Crippen LogP contribution in [-0.2, 0) is 4.74 Å². The first kappa shape index (κ1) is 5.83. The Hall–Kier alpha value is -1.30. The lowest BCUT2D eigenvalue weighted by atomic mass is 10.1. The lowest BCUT2D eigenvalue weighted by Gasteiger charge is -2.11. The highest BCUT2D eigenvalue weighted by Crippen LogP contribution is 2.05. The van der Waals surface area contributed by atoms with Gasteiger partial charge >= 0.3 is 0 Å². The van der Waals surface area contributed by atoms with E-state index in [0.717, 1.165) is 0 Å². The molecule has 1 aliphatic rings. The molecule has 1 N–H and O–H groups in total. The van der Waals surface area contributed by atoms with Crippen molar-refractivity contribution in [1.82, 2.24) is 0 Å². The third-order valence-electron chi connectivity index (χ3n) is 1.09. The zero-order valence-corrected chi connectivity index (χ0v) is 4.79. The minimum absolute atomic E-state index is 0.0556. The molecule has 0 radical (unpaired) electrons. The second-order valence-corrected chi connectivity index (χ2v) is 1.71. The summed E-state index contributed by atoms with van der Waals surface area (Å²) in [6.45, 7) is 0.428. The van der Waals surface area contributed by atoms with Crippen LogP contribution in [0.2, 0.25) is 0 Å². The fraction of sp³-hybridized carbons (Fsp3) is 0.333. The predicted molar refractivity (Wildman–Crippen MR) is 31.9 cm³/mol. The van der Waals surface area contributed by atoms with Crippen molar-refractivity contribution in [2.24, 2.45) is 5.92 Å². The van der Waals surface area contributed by atoms with E-state index in [9.17, 15) is 0 Å². The van der Waals surface area contributed by atoms with Crippen molar-refractivity contribution in [2.45, 2.75) is 0 Å². The molecule has 1 unspecified atom stereocenters. The second-order valence-electron chi connectivity index (χ2n) is 1.71. The number of hydrogen-bond donors (Lipinski definition) is 1. The van der Waals surface area contributed by atoms with E-state index in [0.29, 0.717) is 6.61 Å². The minimum Gasteiger partial charge on any atom is -0.476 e. The highest BCUT2D eigenvalue weighted by Gasteiger charge is 2.13. The standard InChI is InChI=1S/C6H6N2O/c7-4-5-2-1-3-9-6(5)8/h1-2,5,8H,3H2. The highest BCUT2D eigenvalue weighted by molar-refractivity contribution is 5.80. The van der Waals surface area contributed by atoms with Gasteiger partial charge < -0.3 is 4.74 Å². The highest BCUT2D eigenvalue weighted by atomic mass is 16.5. The van der Waals surface area contributed by atoms with Crippen molar-refractivity contribution >= 4 is 5.90 Å². The molecular weight excluding hydrogens is 116 g/mol. The fourth-order valence-corrected chi connectivity index (χ4v) is 0.608. The van der Waals surface area contributed by atoms with Gasteiger partial charge in [0.2, 0.25) is 5.90 Å². The molecule has 3 heteroatoms. The first-order valence-electron chi connectivity index (χ1n) is 2.62. The quantitative estimate of drug-likeness (QED) is 0.480. The maximum absolute atomic E-state index is 8.34. The van der Waals surface area contributed by atoms with Crippen molar-refractivity contribution in [2.75, 3.05) is 6.61 Å². The molecule has 1 rings (SSSR count). The molecule has 0 saturated heterocycles. The molecule has 9 heavy (non-hydrogen) atoms. The zero-order chi connectivity index (χ0) is 6.69. The smallest absolute Gasteiger partial charge is 0.202 e.